The Hall–Kier alpha value is -1.96. The zero-order valence-electron chi connectivity index (χ0n) is 6.44. The van der Waals surface area contributed by atoms with Gasteiger partial charge >= 0.3 is 0 Å². The summed E-state index contributed by atoms with van der Waals surface area (Å²) in [7, 11) is 0. The van der Waals surface area contributed by atoms with E-state index in [1.807, 2.05) is 18.2 Å². The average molecular weight is 185 g/mol. The van der Waals surface area contributed by atoms with E-state index in [9.17, 15) is 0 Å². The Kier molecular flexibility index (Phi) is 2.55. The molecule has 3 nitrogen and oxygen atoms in total. The van der Waals surface area contributed by atoms with E-state index in [1.54, 1.807) is 0 Å². The van der Waals surface area contributed by atoms with Crippen LogP contribution >= 0.6 is 12.6 Å². The van der Waals surface area contributed by atoms with Crippen LogP contribution in [0.2, 0.25) is 0 Å². The van der Waals surface area contributed by atoms with Crippen molar-refractivity contribution in [2.45, 2.75) is 4.90 Å². The van der Waals surface area contributed by atoms with Crippen molar-refractivity contribution in [3.8, 4) is 18.2 Å². The molecule has 0 atom stereocenters. The third-order valence-electron chi connectivity index (χ3n) is 1.48. The Balaban J connectivity index is 3.59. The van der Waals surface area contributed by atoms with E-state index in [1.165, 1.54) is 12.1 Å². The maximum atomic E-state index is 8.68. The maximum Gasteiger partial charge on any atom is 0.102 e. The lowest BCUT2D eigenvalue weighted by Gasteiger charge is -1.98. The second-order valence-corrected chi connectivity index (χ2v) is 2.77. The minimum atomic E-state index is 0.114. The van der Waals surface area contributed by atoms with Crippen molar-refractivity contribution < 1.29 is 0 Å². The molecule has 1 rings (SSSR count). The van der Waals surface area contributed by atoms with Gasteiger partial charge in [-0.2, -0.15) is 15.8 Å². The Labute approximate surface area is 80.9 Å². The van der Waals surface area contributed by atoms with Gasteiger partial charge in [0.25, 0.3) is 0 Å². The third kappa shape index (κ3) is 1.62. The predicted octanol–water partition coefficient (Wildman–Crippen LogP) is 1.59. The highest BCUT2D eigenvalue weighted by molar-refractivity contribution is 7.80. The number of benzene rings is 1. The van der Waals surface area contributed by atoms with Crippen LogP contribution in [0.25, 0.3) is 0 Å². The number of nitrogens with zero attached hydrogens (tertiary/aromatic N) is 3. The van der Waals surface area contributed by atoms with Crippen molar-refractivity contribution in [1.29, 1.82) is 15.8 Å². The molecule has 0 N–H and O–H groups in total. The summed E-state index contributed by atoms with van der Waals surface area (Å²) in [5, 5.41) is 26.0. The van der Waals surface area contributed by atoms with E-state index in [0.29, 0.717) is 4.90 Å². The number of hydrogen-bond acceptors (Lipinski definition) is 4. The van der Waals surface area contributed by atoms with Gasteiger partial charge in [0, 0.05) is 4.90 Å². The van der Waals surface area contributed by atoms with Crippen LogP contribution < -0.4 is 0 Å². The van der Waals surface area contributed by atoms with Crippen molar-refractivity contribution in [2.75, 3.05) is 0 Å². The van der Waals surface area contributed by atoms with Crippen LogP contribution in [0.3, 0.4) is 0 Å². The molecule has 1 aromatic rings. The first-order valence-corrected chi connectivity index (χ1v) is 3.75. The molecule has 0 fully saturated rings. The zero-order valence-corrected chi connectivity index (χ0v) is 7.34. The molecule has 60 valence electrons. The number of thiol groups is 1. The molecular formula is C9H3N3S. The number of rotatable bonds is 0. The van der Waals surface area contributed by atoms with E-state index in [2.05, 4.69) is 12.6 Å². The van der Waals surface area contributed by atoms with Gasteiger partial charge in [0.05, 0.1) is 16.7 Å². The van der Waals surface area contributed by atoms with Gasteiger partial charge in [0.15, 0.2) is 0 Å². The van der Waals surface area contributed by atoms with Crippen molar-refractivity contribution in [3.63, 3.8) is 0 Å². The normalized spacial score (nSPS) is 8.15. The number of nitriles is 3. The minimum absolute atomic E-state index is 0.114. The molecule has 0 unspecified atom stereocenters. The van der Waals surface area contributed by atoms with Crippen LogP contribution in [0, 0.1) is 34.0 Å². The lowest BCUT2D eigenvalue weighted by molar-refractivity contribution is 1.33. The quantitative estimate of drug-likeness (QED) is 0.624. The zero-order chi connectivity index (χ0) is 9.84. The summed E-state index contributed by atoms with van der Waals surface area (Å²) in [4.78, 5) is 0.507. The highest BCUT2D eigenvalue weighted by Crippen LogP contribution is 2.17. The Bertz CT molecular complexity index is 436. The molecular weight excluding hydrogens is 182 g/mol. The fourth-order valence-corrected chi connectivity index (χ4v) is 1.18. The SMILES string of the molecule is N#Cc1cc(S)cc(C#N)c1C#N. The molecule has 13 heavy (non-hydrogen) atoms. The first-order chi connectivity index (χ1) is 6.22. The monoisotopic (exact) mass is 185 g/mol. The summed E-state index contributed by atoms with van der Waals surface area (Å²) in [5.41, 5.74) is 0.487. The Morgan fingerprint density at radius 3 is 1.69 bits per heavy atom. The smallest absolute Gasteiger partial charge is 0.102 e. The fraction of sp³-hybridized carbons (Fsp3) is 0. The van der Waals surface area contributed by atoms with Gasteiger partial charge in [-0.05, 0) is 12.1 Å². The van der Waals surface area contributed by atoms with Gasteiger partial charge in [0.2, 0.25) is 0 Å². The molecule has 0 aromatic heterocycles. The van der Waals surface area contributed by atoms with E-state index in [0.717, 1.165) is 0 Å². The second-order valence-electron chi connectivity index (χ2n) is 2.25. The van der Waals surface area contributed by atoms with Crippen LogP contribution in [0.4, 0.5) is 0 Å². The summed E-state index contributed by atoms with van der Waals surface area (Å²) in [6.45, 7) is 0. The molecule has 0 bridgehead atoms. The molecule has 0 radical (unpaired) electrons. The summed E-state index contributed by atoms with van der Waals surface area (Å²) < 4.78 is 0. The standard InChI is InChI=1S/C9H3N3S/c10-3-6-1-8(13)2-7(4-11)9(6)5-12/h1-2,13H. The van der Waals surface area contributed by atoms with Crippen LogP contribution in [-0.4, -0.2) is 0 Å². The fourth-order valence-electron chi connectivity index (χ4n) is 0.924. The molecule has 0 saturated carbocycles. The summed E-state index contributed by atoms with van der Waals surface area (Å²) in [5.74, 6) is 0. The molecule has 0 amide bonds. The van der Waals surface area contributed by atoms with Crippen molar-refractivity contribution in [3.05, 3.63) is 28.8 Å². The molecule has 0 aliphatic carbocycles. The van der Waals surface area contributed by atoms with Crippen molar-refractivity contribution in [1.82, 2.24) is 0 Å². The second kappa shape index (κ2) is 3.63. The van der Waals surface area contributed by atoms with E-state index < -0.39 is 0 Å². The van der Waals surface area contributed by atoms with E-state index in [4.69, 9.17) is 15.8 Å². The molecule has 0 spiro atoms. The van der Waals surface area contributed by atoms with Gasteiger partial charge < -0.3 is 0 Å². The van der Waals surface area contributed by atoms with Crippen LogP contribution in [0.1, 0.15) is 16.7 Å². The Morgan fingerprint density at radius 2 is 1.38 bits per heavy atom. The largest absolute Gasteiger partial charge is 0.192 e. The minimum Gasteiger partial charge on any atom is -0.192 e. The molecule has 0 aliphatic heterocycles. The van der Waals surface area contributed by atoms with Crippen molar-refractivity contribution >= 4 is 12.6 Å². The maximum absolute atomic E-state index is 8.68. The van der Waals surface area contributed by atoms with Gasteiger partial charge in [0.1, 0.15) is 18.2 Å². The van der Waals surface area contributed by atoms with Crippen LogP contribution in [0.5, 0.6) is 0 Å². The molecule has 4 heteroatoms. The third-order valence-corrected chi connectivity index (χ3v) is 1.73. The lowest BCUT2D eigenvalue weighted by Crippen LogP contribution is -1.89. The van der Waals surface area contributed by atoms with E-state index in [-0.39, 0.29) is 16.7 Å². The van der Waals surface area contributed by atoms with Crippen LogP contribution in [0.15, 0.2) is 17.0 Å². The average Bonchev–Trinajstić information content (AvgIpc) is 2.16. The lowest BCUT2D eigenvalue weighted by atomic mass is 10.0. The highest BCUT2D eigenvalue weighted by atomic mass is 32.1. The first-order valence-electron chi connectivity index (χ1n) is 3.30. The van der Waals surface area contributed by atoms with E-state index >= 15 is 0 Å². The molecule has 0 heterocycles. The summed E-state index contributed by atoms with van der Waals surface area (Å²) >= 11 is 4.01. The van der Waals surface area contributed by atoms with Crippen molar-refractivity contribution in [2.24, 2.45) is 0 Å². The summed E-state index contributed by atoms with van der Waals surface area (Å²) in [6, 6.07) is 8.41. The van der Waals surface area contributed by atoms with Gasteiger partial charge in [-0.1, -0.05) is 0 Å². The molecule has 0 aliphatic rings. The molecule has 0 saturated heterocycles. The summed E-state index contributed by atoms with van der Waals surface area (Å²) in [6.07, 6.45) is 0. The highest BCUT2D eigenvalue weighted by Gasteiger charge is 2.08. The van der Waals surface area contributed by atoms with Gasteiger partial charge in [-0.15, -0.1) is 12.6 Å². The van der Waals surface area contributed by atoms with Gasteiger partial charge in [-0.3, -0.25) is 0 Å². The topological polar surface area (TPSA) is 71.4 Å². The number of hydrogen-bond donors (Lipinski definition) is 1. The molecule has 1 aromatic carbocycles. The predicted molar refractivity (Wildman–Crippen MR) is 47.8 cm³/mol. The Morgan fingerprint density at radius 1 is 0.923 bits per heavy atom. The first kappa shape index (κ1) is 9.13. The van der Waals surface area contributed by atoms with Crippen LogP contribution in [-0.2, 0) is 0 Å². The van der Waals surface area contributed by atoms with Gasteiger partial charge in [-0.25, -0.2) is 0 Å².